The Hall–Kier alpha value is -4.90. The first kappa shape index (κ1) is 28.6. The van der Waals surface area contributed by atoms with Gasteiger partial charge in [0.25, 0.3) is 15.9 Å². The van der Waals surface area contributed by atoms with E-state index in [1.165, 1.54) is 0 Å². The number of sulfonamides is 1. The molecular weight excluding hydrogens is 562 g/mol. The van der Waals surface area contributed by atoms with Crippen molar-refractivity contribution < 1.29 is 26.8 Å². The highest BCUT2D eigenvalue weighted by Crippen LogP contribution is 2.20. The van der Waals surface area contributed by atoms with Crippen molar-refractivity contribution >= 4 is 32.6 Å². The maximum Gasteiger partial charge on any atom is 0.264 e. The molecule has 0 fully saturated rings. The summed E-state index contributed by atoms with van der Waals surface area (Å²) in [6, 6.07) is 22.8. The molecule has 5 aromatic rings. The molecule has 0 bridgehead atoms. The van der Waals surface area contributed by atoms with Gasteiger partial charge in [-0.2, -0.15) is 5.10 Å². The highest BCUT2D eigenvalue weighted by atomic mass is 32.2. The van der Waals surface area contributed by atoms with E-state index in [0.717, 1.165) is 28.0 Å². The summed E-state index contributed by atoms with van der Waals surface area (Å²) in [5.41, 5.74) is 2.63. The fourth-order valence-corrected chi connectivity index (χ4v) is 5.63. The quantitative estimate of drug-likeness (QED) is 0.245. The van der Waals surface area contributed by atoms with Crippen molar-refractivity contribution in [3.05, 3.63) is 131 Å². The van der Waals surface area contributed by atoms with Crippen LogP contribution in [0.5, 0.6) is 0 Å². The molecule has 0 aliphatic carbocycles. The number of hydrogen-bond acceptors (Lipinski definition) is 5. The first-order chi connectivity index (χ1) is 20.2. The second-order valence-corrected chi connectivity index (χ2v) is 11.3. The molecule has 42 heavy (non-hydrogen) atoms. The Balaban J connectivity index is 1.33. The van der Waals surface area contributed by atoms with E-state index in [0.29, 0.717) is 29.8 Å². The van der Waals surface area contributed by atoms with E-state index in [2.05, 4.69) is 10.4 Å². The van der Waals surface area contributed by atoms with Crippen LogP contribution in [0.2, 0.25) is 0 Å². The summed E-state index contributed by atoms with van der Waals surface area (Å²) in [5.74, 6) is -3.76. The molecule has 11 heteroatoms. The van der Waals surface area contributed by atoms with Crippen LogP contribution in [0.4, 0.5) is 8.78 Å². The summed E-state index contributed by atoms with van der Waals surface area (Å²) < 4.78 is 55.4. The lowest BCUT2D eigenvalue weighted by Crippen LogP contribution is -2.31. The Morgan fingerprint density at radius 2 is 1.67 bits per heavy atom. The first-order valence-electron chi connectivity index (χ1n) is 13.0. The maximum atomic E-state index is 13.5. The first-order valence-corrected chi connectivity index (χ1v) is 14.5. The van der Waals surface area contributed by atoms with Crippen LogP contribution in [0.25, 0.3) is 10.8 Å². The number of nitrogens with one attached hydrogen (secondary N) is 2. The van der Waals surface area contributed by atoms with Gasteiger partial charge in [0.15, 0.2) is 11.6 Å². The Bertz CT molecular complexity index is 1870. The number of hydrogen-bond donors (Lipinski definition) is 2. The SMILES string of the molecule is O=C(CCc1ccc(Cn2cccn2)cc1C(=O)NCc1cccc2ccccc12)NS(=O)(=O)c1ccc(F)c(F)c1. The van der Waals surface area contributed by atoms with Gasteiger partial charge < -0.3 is 5.32 Å². The molecule has 0 radical (unpaired) electrons. The summed E-state index contributed by atoms with van der Waals surface area (Å²) in [6.45, 7) is 0.694. The van der Waals surface area contributed by atoms with Gasteiger partial charge in [0.05, 0.1) is 11.4 Å². The minimum Gasteiger partial charge on any atom is -0.348 e. The molecule has 2 N–H and O–H groups in total. The van der Waals surface area contributed by atoms with Crippen LogP contribution in [-0.4, -0.2) is 30.0 Å². The topological polar surface area (TPSA) is 110 Å². The molecule has 0 unspecified atom stereocenters. The number of aromatic nitrogens is 2. The van der Waals surface area contributed by atoms with E-state index in [-0.39, 0.29) is 25.3 Å². The molecule has 8 nitrogen and oxygen atoms in total. The van der Waals surface area contributed by atoms with E-state index in [4.69, 9.17) is 0 Å². The van der Waals surface area contributed by atoms with Gasteiger partial charge in [-0.3, -0.25) is 14.3 Å². The minimum absolute atomic E-state index is 0.0538. The Kier molecular flexibility index (Phi) is 8.39. The van der Waals surface area contributed by atoms with Gasteiger partial charge in [0, 0.05) is 30.9 Å². The second-order valence-electron chi connectivity index (χ2n) is 9.62. The number of benzene rings is 4. The molecule has 2 amide bonds. The largest absolute Gasteiger partial charge is 0.348 e. The number of halogens is 2. The van der Waals surface area contributed by atoms with Crippen molar-refractivity contribution in [1.82, 2.24) is 19.8 Å². The van der Waals surface area contributed by atoms with Crippen LogP contribution < -0.4 is 10.0 Å². The van der Waals surface area contributed by atoms with Gasteiger partial charge >= 0.3 is 0 Å². The number of carbonyl (C=O) groups excluding carboxylic acids is 2. The summed E-state index contributed by atoms with van der Waals surface area (Å²) in [4.78, 5) is 25.5. The molecule has 1 heterocycles. The van der Waals surface area contributed by atoms with Crippen molar-refractivity contribution in [2.24, 2.45) is 0 Å². The number of aryl methyl sites for hydroxylation is 1. The molecule has 0 atom stereocenters. The normalized spacial score (nSPS) is 11.4. The molecule has 1 aromatic heterocycles. The molecule has 4 aromatic carbocycles. The van der Waals surface area contributed by atoms with Crippen LogP contribution in [0.3, 0.4) is 0 Å². The lowest BCUT2D eigenvalue weighted by atomic mass is 9.98. The maximum absolute atomic E-state index is 13.5. The average molecular weight is 589 g/mol. The number of carbonyl (C=O) groups is 2. The van der Waals surface area contributed by atoms with Crippen LogP contribution in [0.15, 0.2) is 102 Å². The van der Waals surface area contributed by atoms with Crippen molar-refractivity contribution in [2.45, 2.75) is 30.8 Å². The third-order valence-corrected chi connectivity index (χ3v) is 8.08. The van der Waals surface area contributed by atoms with E-state index in [1.54, 1.807) is 35.3 Å². The summed E-state index contributed by atoms with van der Waals surface area (Å²) in [6.07, 6.45) is 3.23. The number of rotatable bonds is 10. The highest BCUT2D eigenvalue weighted by molar-refractivity contribution is 7.90. The van der Waals surface area contributed by atoms with Gasteiger partial charge in [-0.1, -0.05) is 54.6 Å². The smallest absolute Gasteiger partial charge is 0.264 e. The van der Waals surface area contributed by atoms with E-state index in [9.17, 15) is 26.8 Å². The van der Waals surface area contributed by atoms with Gasteiger partial charge in [0.1, 0.15) is 0 Å². The predicted molar refractivity (Wildman–Crippen MR) is 153 cm³/mol. The van der Waals surface area contributed by atoms with Crippen molar-refractivity contribution in [3.63, 3.8) is 0 Å². The third kappa shape index (κ3) is 6.69. The summed E-state index contributed by atoms with van der Waals surface area (Å²) in [7, 11) is -4.42. The molecule has 0 spiro atoms. The second kappa shape index (κ2) is 12.3. The van der Waals surface area contributed by atoms with Gasteiger partial charge in [0.2, 0.25) is 5.91 Å². The lowest BCUT2D eigenvalue weighted by Gasteiger charge is -2.14. The van der Waals surface area contributed by atoms with Gasteiger partial charge in [-0.25, -0.2) is 21.9 Å². The number of fused-ring (bicyclic) bond motifs is 1. The monoisotopic (exact) mass is 588 g/mol. The Morgan fingerprint density at radius 3 is 2.45 bits per heavy atom. The van der Waals surface area contributed by atoms with Crippen molar-refractivity contribution in [3.8, 4) is 0 Å². The molecular formula is C31H26F2N4O4S. The number of nitrogens with zero attached hydrogens (tertiary/aromatic N) is 2. The van der Waals surface area contributed by atoms with E-state index in [1.807, 2.05) is 53.3 Å². The summed E-state index contributed by atoms with van der Waals surface area (Å²) in [5, 5.41) is 9.24. The fourth-order valence-electron chi connectivity index (χ4n) is 4.60. The molecule has 0 aliphatic rings. The van der Waals surface area contributed by atoms with Crippen molar-refractivity contribution in [1.29, 1.82) is 0 Å². The third-order valence-electron chi connectivity index (χ3n) is 6.71. The van der Waals surface area contributed by atoms with Crippen LogP contribution in [0, 0.1) is 11.6 Å². The standard InChI is InChI=1S/C31H26F2N4O4S/c32-28-13-12-25(18-29(28)33)42(40,41)36-30(38)14-11-23-10-9-21(20-37-16-4-15-35-37)17-27(23)31(39)34-19-24-7-3-6-22-5-1-2-8-26(22)24/h1-10,12-13,15-18H,11,14,19-20H2,(H,34,39)(H,36,38). The van der Waals surface area contributed by atoms with E-state index >= 15 is 0 Å². The molecule has 5 rings (SSSR count). The lowest BCUT2D eigenvalue weighted by molar-refractivity contribution is -0.119. The van der Waals surface area contributed by atoms with Gasteiger partial charge in [-0.05, 0) is 64.2 Å². The molecule has 0 aliphatic heterocycles. The molecule has 0 saturated carbocycles. The van der Waals surface area contributed by atoms with Crippen LogP contribution in [0.1, 0.15) is 33.5 Å². The average Bonchev–Trinajstić information content (AvgIpc) is 3.49. The summed E-state index contributed by atoms with van der Waals surface area (Å²) >= 11 is 0. The predicted octanol–water partition coefficient (Wildman–Crippen LogP) is 4.73. The zero-order valence-corrected chi connectivity index (χ0v) is 23.1. The highest BCUT2D eigenvalue weighted by Gasteiger charge is 2.21. The fraction of sp³-hybridized carbons (Fsp3) is 0.129. The van der Waals surface area contributed by atoms with Crippen LogP contribution in [-0.2, 0) is 34.3 Å². The zero-order chi connectivity index (χ0) is 29.7. The minimum atomic E-state index is -4.42. The van der Waals surface area contributed by atoms with Crippen molar-refractivity contribution in [2.75, 3.05) is 0 Å². The van der Waals surface area contributed by atoms with E-state index < -0.39 is 32.5 Å². The van der Waals surface area contributed by atoms with Gasteiger partial charge in [-0.15, -0.1) is 0 Å². The van der Waals surface area contributed by atoms with Crippen LogP contribution >= 0.6 is 0 Å². The molecule has 0 saturated heterocycles. The molecule has 214 valence electrons. The number of amides is 2. The zero-order valence-electron chi connectivity index (χ0n) is 22.3. The Morgan fingerprint density at radius 1 is 0.857 bits per heavy atom. The Labute approximate surface area is 241 Å².